The normalized spacial score (nSPS) is 25.2. The molecule has 1 saturated carbocycles. The van der Waals surface area contributed by atoms with Gasteiger partial charge in [0.15, 0.2) is 0 Å². The summed E-state index contributed by atoms with van der Waals surface area (Å²) in [7, 11) is 0. The molecule has 1 aliphatic carbocycles. The molecule has 2 atom stereocenters. The summed E-state index contributed by atoms with van der Waals surface area (Å²) in [5.41, 5.74) is 1.36. The Bertz CT molecular complexity index is 459. The van der Waals surface area contributed by atoms with Crippen LogP contribution in [0.5, 0.6) is 5.88 Å². The first-order chi connectivity index (χ1) is 9.39. The number of hydrogen-bond donors (Lipinski definition) is 1. The summed E-state index contributed by atoms with van der Waals surface area (Å²) in [6, 6.07) is 0. The molecule has 0 aromatic carbocycles. The fourth-order valence-corrected chi connectivity index (χ4v) is 3.30. The molecule has 0 spiro atoms. The van der Waals surface area contributed by atoms with E-state index in [4.69, 9.17) is 4.74 Å². The maximum absolute atomic E-state index is 6.19. The zero-order valence-electron chi connectivity index (χ0n) is 13.4. The molecule has 1 aromatic rings. The molecule has 1 aromatic heterocycles. The Morgan fingerprint density at radius 1 is 1.40 bits per heavy atom. The van der Waals surface area contributed by atoms with Crippen LogP contribution in [0, 0.1) is 18.3 Å². The van der Waals surface area contributed by atoms with Gasteiger partial charge in [0, 0.05) is 18.3 Å². The number of aromatic nitrogens is 2. The Morgan fingerprint density at radius 2 is 2.15 bits per heavy atom. The van der Waals surface area contributed by atoms with Crippen LogP contribution in [0.15, 0.2) is 6.20 Å². The van der Waals surface area contributed by atoms with E-state index in [0.717, 1.165) is 30.8 Å². The van der Waals surface area contributed by atoms with Gasteiger partial charge < -0.3 is 10.1 Å². The standard InChI is InChI=1S/C16H27N3O/c1-6-17-15-18-10-12(3)14(19-15)20-13-7-11(2)8-16(4,5)9-13/h10-11,13H,6-9H2,1-5H3,(H,17,18,19). The maximum Gasteiger partial charge on any atom is 0.225 e. The van der Waals surface area contributed by atoms with Crippen molar-refractivity contribution in [2.75, 3.05) is 11.9 Å². The second-order valence-electron chi connectivity index (χ2n) is 6.87. The smallest absolute Gasteiger partial charge is 0.225 e. The summed E-state index contributed by atoms with van der Waals surface area (Å²) in [6.45, 7) is 11.8. The van der Waals surface area contributed by atoms with Crippen LogP contribution in [0.4, 0.5) is 5.95 Å². The molecule has 0 aliphatic heterocycles. The van der Waals surface area contributed by atoms with Gasteiger partial charge in [-0.2, -0.15) is 4.98 Å². The van der Waals surface area contributed by atoms with Gasteiger partial charge >= 0.3 is 0 Å². The summed E-state index contributed by atoms with van der Waals surface area (Å²) in [6.07, 6.45) is 5.58. The second kappa shape index (κ2) is 5.98. The Balaban J connectivity index is 2.10. The Kier molecular flexibility index (Phi) is 4.51. The molecular weight excluding hydrogens is 250 g/mol. The topological polar surface area (TPSA) is 47.0 Å². The molecule has 1 fully saturated rings. The van der Waals surface area contributed by atoms with Crippen molar-refractivity contribution >= 4 is 5.95 Å². The summed E-state index contributed by atoms with van der Waals surface area (Å²) >= 11 is 0. The Labute approximate surface area is 122 Å². The molecular formula is C16H27N3O. The first kappa shape index (κ1) is 15.1. The average molecular weight is 277 g/mol. The van der Waals surface area contributed by atoms with E-state index in [0.29, 0.717) is 17.3 Å². The molecule has 1 N–H and O–H groups in total. The highest BCUT2D eigenvalue weighted by Gasteiger charge is 2.33. The Hall–Kier alpha value is -1.32. The average Bonchev–Trinajstić information content (AvgIpc) is 2.31. The summed E-state index contributed by atoms with van der Waals surface area (Å²) in [5.74, 6) is 2.08. The highest BCUT2D eigenvalue weighted by atomic mass is 16.5. The van der Waals surface area contributed by atoms with Gasteiger partial charge in [0.2, 0.25) is 11.8 Å². The van der Waals surface area contributed by atoms with Gasteiger partial charge in [-0.1, -0.05) is 20.8 Å². The first-order valence-corrected chi connectivity index (χ1v) is 7.64. The predicted octanol–water partition coefficient (Wildman–Crippen LogP) is 3.81. The van der Waals surface area contributed by atoms with E-state index < -0.39 is 0 Å². The predicted molar refractivity (Wildman–Crippen MR) is 82.1 cm³/mol. The molecule has 4 nitrogen and oxygen atoms in total. The molecule has 2 unspecified atom stereocenters. The van der Waals surface area contributed by atoms with Crippen LogP contribution in [-0.2, 0) is 0 Å². The quantitative estimate of drug-likeness (QED) is 0.909. The van der Waals surface area contributed by atoms with Crippen molar-refractivity contribution in [3.63, 3.8) is 0 Å². The molecule has 0 saturated heterocycles. The summed E-state index contributed by atoms with van der Waals surface area (Å²) < 4.78 is 6.19. The zero-order valence-corrected chi connectivity index (χ0v) is 13.4. The first-order valence-electron chi connectivity index (χ1n) is 7.64. The third-order valence-corrected chi connectivity index (χ3v) is 3.89. The number of hydrogen-bond acceptors (Lipinski definition) is 4. The number of anilines is 1. The van der Waals surface area contributed by atoms with E-state index in [2.05, 4.69) is 36.1 Å². The highest BCUT2D eigenvalue weighted by molar-refractivity contribution is 5.32. The van der Waals surface area contributed by atoms with Gasteiger partial charge in [-0.15, -0.1) is 0 Å². The third-order valence-electron chi connectivity index (χ3n) is 3.89. The SMILES string of the molecule is CCNc1ncc(C)c(OC2CC(C)CC(C)(C)C2)n1. The van der Waals surface area contributed by atoms with E-state index in [1.54, 1.807) is 0 Å². The van der Waals surface area contributed by atoms with Crippen LogP contribution >= 0.6 is 0 Å². The molecule has 2 rings (SSSR count). The highest BCUT2D eigenvalue weighted by Crippen LogP contribution is 2.40. The molecule has 1 aliphatic rings. The van der Waals surface area contributed by atoms with E-state index >= 15 is 0 Å². The maximum atomic E-state index is 6.19. The van der Waals surface area contributed by atoms with Gasteiger partial charge in [-0.05, 0) is 44.4 Å². The number of nitrogens with zero attached hydrogens (tertiary/aromatic N) is 2. The molecule has 112 valence electrons. The third kappa shape index (κ3) is 3.84. The molecule has 0 radical (unpaired) electrons. The lowest BCUT2D eigenvalue weighted by Gasteiger charge is -2.38. The van der Waals surface area contributed by atoms with E-state index in [1.807, 2.05) is 20.0 Å². The lowest BCUT2D eigenvalue weighted by Crippen LogP contribution is -2.34. The van der Waals surface area contributed by atoms with Crippen molar-refractivity contribution in [1.29, 1.82) is 0 Å². The lowest BCUT2D eigenvalue weighted by molar-refractivity contribution is 0.0527. The second-order valence-corrected chi connectivity index (χ2v) is 6.87. The van der Waals surface area contributed by atoms with Gasteiger partial charge in [0.25, 0.3) is 0 Å². The molecule has 0 amide bonds. The zero-order chi connectivity index (χ0) is 14.8. The monoisotopic (exact) mass is 277 g/mol. The number of nitrogens with one attached hydrogen (secondary N) is 1. The minimum absolute atomic E-state index is 0.261. The van der Waals surface area contributed by atoms with Crippen LogP contribution in [0.3, 0.4) is 0 Å². The largest absolute Gasteiger partial charge is 0.474 e. The van der Waals surface area contributed by atoms with E-state index in [1.165, 1.54) is 6.42 Å². The molecule has 4 heteroatoms. The van der Waals surface area contributed by atoms with Crippen molar-refractivity contribution in [3.8, 4) is 5.88 Å². The van der Waals surface area contributed by atoms with Crippen molar-refractivity contribution in [2.24, 2.45) is 11.3 Å². The van der Waals surface area contributed by atoms with Crippen LogP contribution in [0.2, 0.25) is 0 Å². The summed E-state index contributed by atoms with van der Waals surface area (Å²) in [5, 5.41) is 3.14. The fraction of sp³-hybridized carbons (Fsp3) is 0.750. The number of ether oxygens (including phenoxy) is 1. The van der Waals surface area contributed by atoms with Crippen LogP contribution in [0.25, 0.3) is 0 Å². The minimum atomic E-state index is 0.261. The number of rotatable bonds is 4. The molecule has 20 heavy (non-hydrogen) atoms. The van der Waals surface area contributed by atoms with Gasteiger partial charge in [-0.25, -0.2) is 4.98 Å². The fourth-order valence-electron chi connectivity index (χ4n) is 3.30. The molecule has 0 bridgehead atoms. The van der Waals surface area contributed by atoms with E-state index in [-0.39, 0.29) is 6.10 Å². The van der Waals surface area contributed by atoms with Crippen molar-refractivity contribution in [2.45, 2.75) is 60.0 Å². The van der Waals surface area contributed by atoms with E-state index in [9.17, 15) is 0 Å². The molecule has 1 heterocycles. The summed E-state index contributed by atoms with van der Waals surface area (Å²) in [4.78, 5) is 8.75. The minimum Gasteiger partial charge on any atom is -0.474 e. The van der Waals surface area contributed by atoms with Crippen molar-refractivity contribution in [3.05, 3.63) is 11.8 Å². The van der Waals surface area contributed by atoms with Crippen molar-refractivity contribution in [1.82, 2.24) is 9.97 Å². The lowest BCUT2D eigenvalue weighted by atomic mass is 9.71. The van der Waals surface area contributed by atoms with Gasteiger partial charge in [0.05, 0.1) is 0 Å². The Morgan fingerprint density at radius 3 is 2.80 bits per heavy atom. The van der Waals surface area contributed by atoms with Crippen molar-refractivity contribution < 1.29 is 4.74 Å². The van der Waals surface area contributed by atoms with Crippen LogP contribution in [-0.4, -0.2) is 22.6 Å². The van der Waals surface area contributed by atoms with Gasteiger partial charge in [0.1, 0.15) is 6.10 Å². The van der Waals surface area contributed by atoms with Crippen LogP contribution < -0.4 is 10.1 Å². The van der Waals surface area contributed by atoms with Gasteiger partial charge in [-0.3, -0.25) is 0 Å². The number of aryl methyl sites for hydroxylation is 1. The van der Waals surface area contributed by atoms with Crippen LogP contribution in [0.1, 0.15) is 52.5 Å².